The SMILES string of the molecule is C[C@@H]1CCC(=O)N1c1cc(-n2ccnc2)c2ccc(Cl)c(Cl)c2n1. The van der Waals surface area contributed by atoms with E-state index in [0.717, 1.165) is 17.5 Å². The van der Waals surface area contributed by atoms with E-state index in [4.69, 9.17) is 23.2 Å². The van der Waals surface area contributed by atoms with Crippen molar-refractivity contribution in [3.63, 3.8) is 0 Å². The summed E-state index contributed by atoms with van der Waals surface area (Å²) in [6.45, 7) is 2.02. The Bertz CT molecular complexity index is 939. The van der Waals surface area contributed by atoms with Crippen LogP contribution < -0.4 is 4.90 Å². The maximum absolute atomic E-state index is 12.3. The highest BCUT2D eigenvalue weighted by Crippen LogP contribution is 2.36. The van der Waals surface area contributed by atoms with Gasteiger partial charge in [-0.3, -0.25) is 9.69 Å². The predicted molar refractivity (Wildman–Crippen MR) is 95.1 cm³/mol. The fourth-order valence-electron chi connectivity index (χ4n) is 3.12. The van der Waals surface area contributed by atoms with Crippen molar-refractivity contribution in [3.05, 3.63) is 47.0 Å². The molecule has 1 saturated heterocycles. The summed E-state index contributed by atoms with van der Waals surface area (Å²) in [6, 6.07) is 5.63. The fourth-order valence-corrected chi connectivity index (χ4v) is 3.48. The van der Waals surface area contributed by atoms with Crippen LogP contribution in [0.4, 0.5) is 5.82 Å². The van der Waals surface area contributed by atoms with Crippen molar-refractivity contribution in [1.29, 1.82) is 0 Å². The fraction of sp³-hybridized carbons (Fsp3) is 0.235. The molecule has 1 amide bonds. The first-order valence-corrected chi connectivity index (χ1v) is 8.41. The van der Waals surface area contributed by atoms with Crippen LogP contribution in [-0.2, 0) is 4.79 Å². The van der Waals surface area contributed by atoms with E-state index in [9.17, 15) is 4.79 Å². The second-order valence-electron chi connectivity index (χ2n) is 5.88. The minimum absolute atomic E-state index is 0.0732. The lowest BCUT2D eigenvalue weighted by Gasteiger charge is -2.22. The number of aromatic nitrogens is 3. The van der Waals surface area contributed by atoms with E-state index < -0.39 is 0 Å². The lowest BCUT2D eigenvalue weighted by molar-refractivity contribution is -0.117. The van der Waals surface area contributed by atoms with Crippen molar-refractivity contribution in [3.8, 4) is 5.69 Å². The Balaban J connectivity index is 2.02. The van der Waals surface area contributed by atoms with E-state index in [-0.39, 0.29) is 11.9 Å². The van der Waals surface area contributed by atoms with Gasteiger partial charge in [-0.2, -0.15) is 0 Å². The molecular formula is C17H14Cl2N4O. The zero-order valence-corrected chi connectivity index (χ0v) is 14.4. The number of hydrogen-bond acceptors (Lipinski definition) is 3. The molecule has 0 spiro atoms. The smallest absolute Gasteiger partial charge is 0.228 e. The maximum Gasteiger partial charge on any atom is 0.228 e. The van der Waals surface area contributed by atoms with Crippen LogP contribution in [0.1, 0.15) is 19.8 Å². The van der Waals surface area contributed by atoms with Crippen LogP contribution in [-0.4, -0.2) is 26.5 Å². The summed E-state index contributed by atoms with van der Waals surface area (Å²) in [5, 5.41) is 1.67. The molecule has 0 unspecified atom stereocenters. The number of benzene rings is 1. The topological polar surface area (TPSA) is 51.0 Å². The van der Waals surface area contributed by atoms with Crippen LogP contribution in [0.25, 0.3) is 16.6 Å². The van der Waals surface area contributed by atoms with Gasteiger partial charge in [0.2, 0.25) is 5.91 Å². The van der Waals surface area contributed by atoms with Crippen molar-refractivity contribution in [2.24, 2.45) is 0 Å². The van der Waals surface area contributed by atoms with Crippen molar-refractivity contribution in [2.45, 2.75) is 25.8 Å². The Morgan fingerprint density at radius 2 is 2.12 bits per heavy atom. The second kappa shape index (κ2) is 5.76. The van der Waals surface area contributed by atoms with Gasteiger partial charge in [0.15, 0.2) is 0 Å². The Morgan fingerprint density at radius 1 is 1.29 bits per heavy atom. The molecule has 1 atom stereocenters. The standard InChI is InChI=1S/C17H14Cl2N4O/c1-10-2-5-15(24)23(10)14-8-13(22-7-6-20-9-22)11-3-4-12(18)16(19)17(11)21-14/h3-4,6-10H,2,5H2,1H3/t10-/m1/s1. The molecule has 122 valence electrons. The normalized spacial score (nSPS) is 17.9. The molecule has 1 fully saturated rings. The van der Waals surface area contributed by atoms with Gasteiger partial charge in [-0.15, -0.1) is 0 Å². The summed E-state index contributed by atoms with van der Waals surface area (Å²) >= 11 is 12.6. The van der Waals surface area contributed by atoms with Crippen LogP contribution in [0, 0.1) is 0 Å². The average molecular weight is 361 g/mol. The summed E-state index contributed by atoms with van der Waals surface area (Å²) in [7, 11) is 0. The number of imidazole rings is 1. The van der Waals surface area contributed by atoms with Gasteiger partial charge >= 0.3 is 0 Å². The second-order valence-corrected chi connectivity index (χ2v) is 6.66. The maximum atomic E-state index is 12.3. The summed E-state index contributed by atoms with van der Waals surface area (Å²) in [5.74, 6) is 0.662. The molecule has 2 aromatic heterocycles. The van der Waals surface area contributed by atoms with Crippen molar-refractivity contribution >= 4 is 45.8 Å². The third-order valence-electron chi connectivity index (χ3n) is 4.35. The molecule has 0 radical (unpaired) electrons. The molecule has 3 aromatic rings. The van der Waals surface area contributed by atoms with Crippen molar-refractivity contribution in [2.75, 3.05) is 4.90 Å². The van der Waals surface area contributed by atoms with Gasteiger partial charge in [-0.1, -0.05) is 23.2 Å². The lowest BCUT2D eigenvalue weighted by atomic mass is 10.1. The first-order chi connectivity index (χ1) is 11.6. The highest BCUT2D eigenvalue weighted by atomic mass is 35.5. The zero-order chi connectivity index (χ0) is 16.8. The van der Waals surface area contributed by atoms with E-state index in [0.29, 0.717) is 27.8 Å². The van der Waals surface area contributed by atoms with Crippen LogP contribution in [0.15, 0.2) is 36.9 Å². The third-order valence-corrected chi connectivity index (χ3v) is 5.15. The van der Waals surface area contributed by atoms with Crippen LogP contribution in [0.2, 0.25) is 10.0 Å². The van der Waals surface area contributed by atoms with Crippen molar-refractivity contribution < 1.29 is 4.79 Å². The number of anilines is 1. The third kappa shape index (κ3) is 2.36. The van der Waals surface area contributed by atoms with Gasteiger partial charge < -0.3 is 4.57 Å². The number of nitrogens with zero attached hydrogens (tertiary/aromatic N) is 4. The van der Waals surface area contributed by atoms with Gasteiger partial charge in [0, 0.05) is 36.3 Å². The highest BCUT2D eigenvalue weighted by Gasteiger charge is 2.30. The van der Waals surface area contributed by atoms with E-state index in [2.05, 4.69) is 9.97 Å². The highest BCUT2D eigenvalue weighted by molar-refractivity contribution is 6.45. The Morgan fingerprint density at radius 3 is 2.79 bits per heavy atom. The molecule has 24 heavy (non-hydrogen) atoms. The summed E-state index contributed by atoms with van der Waals surface area (Å²) in [5.41, 5.74) is 1.44. The zero-order valence-electron chi connectivity index (χ0n) is 12.9. The summed E-state index contributed by atoms with van der Waals surface area (Å²) in [4.78, 5) is 22.8. The number of halogens is 2. The van der Waals surface area contributed by atoms with E-state index >= 15 is 0 Å². The van der Waals surface area contributed by atoms with Gasteiger partial charge in [0.1, 0.15) is 5.82 Å². The molecule has 7 heteroatoms. The molecule has 0 saturated carbocycles. The minimum Gasteiger partial charge on any atom is -0.306 e. The molecule has 3 heterocycles. The Kier molecular flexibility index (Phi) is 3.70. The lowest BCUT2D eigenvalue weighted by Crippen LogP contribution is -2.31. The minimum atomic E-state index is 0.0732. The van der Waals surface area contributed by atoms with Crippen molar-refractivity contribution in [1.82, 2.24) is 14.5 Å². The van der Waals surface area contributed by atoms with E-state index in [1.54, 1.807) is 23.5 Å². The molecule has 5 nitrogen and oxygen atoms in total. The van der Waals surface area contributed by atoms with Crippen LogP contribution >= 0.6 is 23.2 Å². The average Bonchev–Trinajstić information content (AvgIpc) is 3.21. The Labute approximate surface area is 148 Å². The van der Waals surface area contributed by atoms with Gasteiger partial charge in [0.05, 0.1) is 27.6 Å². The molecule has 1 aliphatic heterocycles. The molecule has 0 bridgehead atoms. The Hall–Kier alpha value is -2.11. The molecular weight excluding hydrogens is 347 g/mol. The molecule has 4 rings (SSSR count). The summed E-state index contributed by atoms with van der Waals surface area (Å²) in [6.07, 6.45) is 6.60. The van der Waals surface area contributed by atoms with Crippen LogP contribution in [0.5, 0.6) is 0 Å². The number of carbonyl (C=O) groups excluding carboxylic acids is 1. The molecule has 0 aliphatic carbocycles. The van der Waals surface area contributed by atoms with Gasteiger partial charge in [0.25, 0.3) is 0 Å². The monoisotopic (exact) mass is 360 g/mol. The first-order valence-electron chi connectivity index (χ1n) is 7.65. The quantitative estimate of drug-likeness (QED) is 0.686. The van der Waals surface area contributed by atoms with Gasteiger partial charge in [-0.25, -0.2) is 9.97 Å². The number of pyridine rings is 1. The molecule has 1 aliphatic rings. The van der Waals surface area contributed by atoms with E-state index in [1.807, 2.05) is 29.8 Å². The number of amides is 1. The largest absolute Gasteiger partial charge is 0.306 e. The number of fused-ring (bicyclic) bond motifs is 1. The number of hydrogen-bond donors (Lipinski definition) is 0. The molecule has 0 N–H and O–H groups in total. The number of carbonyl (C=O) groups is 1. The van der Waals surface area contributed by atoms with Gasteiger partial charge in [-0.05, 0) is 25.5 Å². The predicted octanol–water partition coefficient (Wildman–Crippen LogP) is 4.24. The number of rotatable bonds is 2. The van der Waals surface area contributed by atoms with E-state index in [1.165, 1.54) is 0 Å². The molecule has 1 aromatic carbocycles. The first kappa shape index (κ1) is 15.4. The summed E-state index contributed by atoms with van der Waals surface area (Å²) < 4.78 is 1.88. The van der Waals surface area contributed by atoms with Crippen LogP contribution in [0.3, 0.4) is 0 Å².